The number of benzene rings is 8. The maximum Gasteiger partial charge on any atom is 0.0967 e. The third kappa shape index (κ3) is 4.57. The molecule has 2 nitrogen and oxygen atoms in total. The summed E-state index contributed by atoms with van der Waals surface area (Å²) in [5.74, 6) is 0. The van der Waals surface area contributed by atoms with Gasteiger partial charge in [-0.3, -0.25) is 9.98 Å². The third-order valence-electron chi connectivity index (χ3n) is 11.8. The number of rotatable bonds is 5. The summed E-state index contributed by atoms with van der Waals surface area (Å²) in [7, 11) is 0. The molecule has 3 heteroatoms. The highest BCUT2D eigenvalue weighted by molar-refractivity contribution is 7.99. The van der Waals surface area contributed by atoms with Crippen molar-refractivity contribution < 1.29 is 0 Å². The number of fused-ring (bicyclic) bond motifs is 12. The molecule has 11 rings (SSSR count). The zero-order valence-corrected chi connectivity index (χ0v) is 31.1. The maximum atomic E-state index is 5.42. The molecule has 1 spiro atoms. The van der Waals surface area contributed by atoms with Gasteiger partial charge in [-0.15, -0.1) is 0 Å². The zero-order chi connectivity index (χ0) is 36.7. The van der Waals surface area contributed by atoms with Gasteiger partial charge in [0.2, 0.25) is 0 Å². The molecule has 0 saturated heterocycles. The Balaban J connectivity index is 1.09. The Labute approximate surface area is 325 Å². The number of aliphatic imine (C=N–C) groups is 2. The first kappa shape index (κ1) is 31.9. The molecular weight excluding hydrogens is 685 g/mol. The maximum absolute atomic E-state index is 5.42. The Morgan fingerprint density at radius 2 is 1.05 bits per heavy atom. The topological polar surface area (TPSA) is 24.7 Å². The smallest absolute Gasteiger partial charge is 0.0967 e. The molecule has 0 unspecified atom stereocenters. The second-order valence-corrected chi connectivity index (χ2v) is 15.6. The highest BCUT2D eigenvalue weighted by Crippen LogP contribution is 2.62. The fourth-order valence-corrected chi connectivity index (χ4v) is 10.6. The van der Waals surface area contributed by atoms with Gasteiger partial charge < -0.3 is 0 Å². The summed E-state index contributed by atoms with van der Waals surface area (Å²) in [6.45, 7) is 6.25. The Morgan fingerprint density at radius 3 is 1.78 bits per heavy atom. The molecule has 258 valence electrons. The summed E-state index contributed by atoms with van der Waals surface area (Å²) < 4.78 is 0. The Morgan fingerprint density at radius 1 is 0.455 bits per heavy atom. The van der Waals surface area contributed by atoms with Gasteiger partial charge in [-0.05, 0) is 104 Å². The van der Waals surface area contributed by atoms with Crippen LogP contribution >= 0.6 is 11.8 Å². The standard InChI is InChI=1S/C52H34N2S/c1-32(35-26-28-37-40-20-12-16-33-17-13-21-41(49(33)40)42(37)30-35)54-51(34-14-4-3-5-15-34)50(53-2)36-27-29-46-48(31-36)55-47-25-11-10-24-45(47)52(46)43-22-8-6-18-38(43)39-19-7-9-23-44(39)52/h3-31H,2H2,1H3/b51-50-,54-32?. The van der Waals surface area contributed by atoms with Crippen molar-refractivity contribution in [1.82, 2.24) is 0 Å². The van der Waals surface area contributed by atoms with E-state index in [-0.39, 0.29) is 0 Å². The molecule has 0 saturated carbocycles. The summed E-state index contributed by atoms with van der Waals surface area (Å²) in [6, 6.07) is 64.0. The largest absolute Gasteiger partial charge is 0.262 e. The van der Waals surface area contributed by atoms with E-state index in [0.717, 1.165) is 33.8 Å². The van der Waals surface area contributed by atoms with Crippen LogP contribution in [0.4, 0.5) is 0 Å². The fourth-order valence-electron chi connectivity index (χ4n) is 9.41. The van der Waals surface area contributed by atoms with E-state index in [2.05, 4.69) is 183 Å². The minimum absolute atomic E-state index is 0.428. The molecule has 0 atom stereocenters. The minimum Gasteiger partial charge on any atom is -0.262 e. The molecule has 0 amide bonds. The lowest BCUT2D eigenvalue weighted by molar-refractivity contribution is 0.722. The van der Waals surface area contributed by atoms with Crippen molar-refractivity contribution in [2.45, 2.75) is 22.1 Å². The van der Waals surface area contributed by atoms with Crippen molar-refractivity contribution in [3.8, 4) is 33.4 Å². The third-order valence-corrected chi connectivity index (χ3v) is 12.9. The lowest BCUT2D eigenvalue weighted by Gasteiger charge is -2.39. The second kappa shape index (κ2) is 12.2. The number of hydrogen-bond acceptors (Lipinski definition) is 3. The highest BCUT2D eigenvalue weighted by Gasteiger charge is 2.50. The van der Waals surface area contributed by atoms with Crippen LogP contribution in [-0.4, -0.2) is 12.4 Å². The molecular formula is C52H34N2S. The van der Waals surface area contributed by atoms with Crippen molar-refractivity contribution in [3.05, 3.63) is 215 Å². The Bertz CT molecular complexity index is 2940. The first-order chi connectivity index (χ1) is 27.1. The summed E-state index contributed by atoms with van der Waals surface area (Å²) >= 11 is 1.84. The van der Waals surface area contributed by atoms with Crippen molar-refractivity contribution in [2.75, 3.05) is 0 Å². The van der Waals surface area contributed by atoms with Crippen LogP contribution in [0.1, 0.15) is 45.9 Å². The monoisotopic (exact) mass is 718 g/mol. The second-order valence-electron chi connectivity index (χ2n) is 14.5. The van der Waals surface area contributed by atoms with Gasteiger partial charge in [-0.25, -0.2) is 0 Å². The first-order valence-electron chi connectivity index (χ1n) is 18.8. The number of nitrogens with zero attached hydrogens (tertiary/aromatic N) is 2. The van der Waals surface area contributed by atoms with Crippen LogP contribution < -0.4 is 0 Å². The molecule has 0 bridgehead atoms. The van der Waals surface area contributed by atoms with Gasteiger partial charge in [0.15, 0.2) is 0 Å². The summed E-state index contributed by atoms with van der Waals surface area (Å²) in [4.78, 5) is 12.7. The Hall–Kier alpha value is -6.55. The lowest BCUT2D eigenvalue weighted by atomic mass is 9.67. The summed E-state index contributed by atoms with van der Waals surface area (Å²) in [6.07, 6.45) is 0. The Kier molecular flexibility index (Phi) is 7.11. The molecule has 1 heterocycles. The van der Waals surface area contributed by atoms with Gasteiger partial charge in [0, 0.05) is 26.6 Å². The van der Waals surface area contributed by atoms with Gasteiger partial charge in [-0.2, -0.15) is 0 Å². The zero-order valence-electron chi connectivity index (χ0n) is 30.3. The molecule has 1 aliphatic heterocycles. The quantitative estimate of drug-likeness (QED) is 0.128. The normalized spacial score (nSPS) is 14.5. The fraction of sp³-hybridized carbons (Fsp3) is 0.0385. The van der Waals surface area contributed by atoms with Crippen LogP contribution in [0.2, 0.25) is 0 Å². The van der Waals surface area contributed by atoms with Crippen molar-refractivity contribution in [2.24, 2.45) is 9.98 Å². The van der Waals surface area contributed by atoms with E-state index in [4.69, 9.17) is 9.98 Å². The van der Waals surface area contributed by atoms with Gasteiger partial charge in [0.05, 0.1) is 16.8 Å². The van der Waals surface area contributed by atoms with E-state index in [1.165, 1.54) is 76.2 Å². The molecule has 3 aliphatic rings. The summed E-state index contributed by atoms with van der Waals surface area (Å²) in [5, 5.41) is 2.60. The van der Waals surface area contributed by atoms with Gasteiger partial charge in [0.25, 0.3) is 0 Å². The van der Waals surface area contributed by atoms with E-state index >= 15 is 0 Å². The van der Waals surface area contributed by atoms with Crippen LogP contribution in [0.15, 0.2) is 196 Å². The molecule has 0 fully saturated rings. The molecule has 0 N–H and O–H groups in total. The number of hydrogen-bond donors (Lipinski definition) is 0. The van der Waals surface area contributed by atoms with Crippen molar-refractivity contribution in [1.29, 1.82) is 0 Å². The van der Waals surface area contributed by atoms with Crippen molar-refractivity contribution in [3.63, 3.8) is 0 Å². The predicted octanol–water partition coefficient (Wildman–Crippen LogP) is 13.4. The van der Waals surface area contributed by atoms with Gasteiger partial charge in [-0.1, -0.05) is 169 Å². The highest BCUT2D eigenvalue weighted by atomic mass is 32.2. The van der Waals surface area contributed by atoms with Crippen LogP contribution in [-0.2, 0) is 5.41 Å². The van der Waals surface area contributed by atoms with E-state index in [9.17, 15) is 0 Å². The van der Waals surface area contributed by atoms with Gasteiger partial charge >= 0.3 is 0 Å². The van der Waals surface area contributed by atoms with Crippen LogP contribution in [0.25, 0.3) is 55.5 Å². The molecule has 55 heavy (non-hydrogen) atoms. The minimum atomic E-state index is -0.428. The van der Waals surface area contributed by atoms with Crippen LogP contribution in [0.5, 0.6) is 0 Å². The first-order valence-corrected chi connectivity index (χ1v) is 19.6. The molecule has 8 aromatic carbocycles. The van der Waals surface area contributed by atoms with E-state index in [1.54, 1.807) is 0 Å². The van der Waals surface area contributed by atoms with Crippen LogP contribution in [0, 0.1) is 0 Å². The lowest BCUT2D eigenvalue weighted by Crippen LogP contribution is -2.32. The van der Waals surface area contributed by atoms with Crippen LogP contribution in [0.3, 0.4) is 0 Å². The van der Waals surface area contributed by atoms with Gasteiger partial charge in [0.1, 0.15) is 0 Å². The van der Waals surface area contributed by atoms with E-state index in [0.29, 0.717) is 0 Å². The molecule has 0 aromatic heterocycles. The summed E-state index contributed by atoms with van der Waals surface area (Å²) in [5.41, 5.74) is 18.1. The van der Waals surface area contributed by atoms with E-state index < -0.39 is 5.41 Å². The molecule has 0 radical (unpaired) electrons. The SMILES string of the molecule is C=N/C(=C(\N=C(C)c1ccc2c(c1)-c1cccc3cccc-2c13)c1ccccc1)c1ccc2c(c1)Sc1ccccc1C21c2ccccc2-c2ccccc21. The van der Waals surface area contributed by atoms with E-state index in [1.807, 2.05) is 17.8 Å². The average Bonchev–Trinajstić information content (AvgIpc) is 3.72. The van der Waals surface area contributed by atoms with Crippen molar-refractivity contribution >= 4 is 46.4 Å². The molecule has 2 aliphatic carbocycles. The predicted molar refractivity (Wildman–Crippen MR) is 231 cm³/mol. The average molecular weight is 719 g/mol. The molecule has 8 aromatic rings.